The first kappa shape index (κ1) is 12.0. The summed E-state index contributed by atoms with van der Waals surface area (Å²) in [5, 5.41) is 0. The maximum absolute atomic E-state index is 13.8. The summed E-state index contributed by atoms with van der Waals surface area (Å²) in [5.41, 5.74) is 6.63. The van der Waals surface area contributed by atoms with Crippen molar-refractivity contribution in [2.75, 3.05) is 0 Å². The number of halogens is 2. The Bertz CT molecular complexity index is 558. The Morgan fingerprint density at radius 2 is 2.06 bits per heavy atom. The molecule has 0 bridgehead atoms. The van der Waals surface area contributed by atoms with Crippen molar-refractivity contribution in [1.29, 1.82) is 0 Å². The van der Waals surface area contributed by atoms with Crippen molar-refractivity contribution in [2.24, 2.45) is 12.8 Å². The van der Waals surface area contributed by atoms with Gasteiger partial charge in [0.1, 0.15) is 5.82 Å². The number of imidazole rings is 1. The smallest absolute Gasteiger partial charge is 0.287 e. The highest BCUT2D eigenvalue weighted by atomic mass is 19.3. The van der Waals surface area contributed by atoms with Crippen molar-refractivity contribution in [2.45, 2.75) is 25.8 Å². The van der Waals surface area contributed by atoms with Gasteiger partial charge in [0.15, 0.2) is 0 Å². The molecule has 0 radical (unpaired) electrons. The maximum Gasteiger partial charge on any atom is 0.287 e. The summed E-state index contributed by atoms with van der Waals surface area (Å²) < 4.78 is 29.4. The van der Waals surface area contributed by atoms with E-state index in [9.17, 15) is 8.78 Å². The zero-order valence-corrected chi connectivity index (χ0v) is 10.0. The summed E-state index contributed by atoms with van der Waals surface area (Å²) >= 11 is 0. The fourth-order valence-corrected chi connectivity index (χ4v) is 1.79. The molecule has 0 saturated carbocycles. The number of aromatic nitrogens is 2. The van der Waals surface area contributed by atoms with Crippen molar-refractivity contribution in [3.63, 3.8) is 0 Å². The standard InChI is InChI=1S/C12H15F2N3/c1-7(15)12(13,14)9-4-5-11-10(6-9)16-8(2)17(11)3/h4-7H,15H2,1-3H3. The SMILES string of the molecule is Cc1nc2cc(C(F)(F)C(C)N)ccc2n1C. The third-order valence-electron chi connectivity index (χ3n) is 3.06. The molecule has 0 aliphatic heterocycles. The van der Waals surface area contributed by atoms with E-state index < -0.39 is 12.0 Å². The Balaban J connectivity index is 2.59. The number of aryl methyl sites for hydroxylation is 2. The summed E-state index contributed by atoms with van der Waals surface area (Å²) in [4.78, 5) is 4.24. The number of benzene rings is 1. The predicted molar refractivity (Wildman–Crippen MR) is 63.0 cm³/mol. The van der Waals surface area contributed by atoms with Gasteiger partial charge in [0, 0.05) is 12.6 Å². The third-order valence-corrected chi connectivity index (χ3v) is 3.06. The predicted octanol–water partition coefficient (Wildman–Crippen LogP) is 2.32. The summed E-state index contributed by atoms with van der Waals surface area (Å²) in [5.74, 6) is -2.24. The molecule has 0 fully saturated rings. The molecule has 17 heavy (non-hydrogen) atoms. The molecule has 1 heterocycles. The Hall–Kier alpha value is -1.49. The van der Waals surface area contributed by atoms with Gasteiger partial charge in [-0.1, -0.05) is 6.07 Å². The molecular weight excluding hydrogens is 224 g/mol. The largest absolute Gasteiger partial charge is 0.331 e. The van der Waals surface area contributed by atoms with Crippen LogP contribution in [0.25, 0.3) is 11.0 Å². The Morgan fingerprint density at radius 1 is 1.41 bits per heavy atom. The minimum atomic E-state index is -3.03. The molecular formula is C12H15F2N3. The molecule has 0 aliphatic rings. The molecule has 5 heteroatoms. The monoisotopic (exact) mass is 239 g/mol. The van der Waals surface area contributed by atoms with Crippen LogP contribution >= 0.6 is 0 Å². The van der Waals surface area contributed by atoms with E-state index in [0.29, 0.717) is 5.52 Å². The normalized spacial score (nSPS) is 14.2. The minimum Gasteiger partial charge on any atom is -0.331 e. The van der Waals surface area contributed by atoms with Gasteiger partial charge in [0.25, 0.3) is 5.92 Å². The van der Waals surface area contributed by atoms with Gasteiger partial charge in [0.2, 0.25) is 0 Å². The van der Waals surface area contributed by atoms with Crippen LogP contribution < -0.4 is 5.73 Å². The number of alkyl halides is 2. The van der Waals surface area contributed by atoms with Crippen LogP contribution in [0.4, 0.5) is 8.78 Å². The molecule has 2 N–H and O–H groups in total. The number of hydrogen-bond acceptors (Lipinski definition) is 2. The molecule has 2 aromatic rings. The average molecular weight is 239 g/mol. The highest BCUT2D eigenvalue weighted by Crippen LogP contribution is 2.32. The number of nitrogens with two attached hydrogens (primary N) is 1. The fourth-order valence-electron chi connectivity index (χ4n) is 1.79. The van der Waals surface area contributed by atoms with E-state index in [2.05, 4.69) is 4.98 Å². The number of rotatable bonds is 2. The van der Waals surface area contributed by atoms with E-state index >= 15 is 0 Å². The lowest BCUT2D eigenvalue weighted by Gasteiger charge is -2.20. The second-order valence-electron chi connectivity index (χ2n) is 4.33. The Morgan fingerprint density at radius 3 is 2.65 bits per heavy atom. The summed E-state index contributed by atoms with van der Waals surface area (Å²) in [6.45, 7) is 3.14. The average Bonchev–Trinajstić information content (AvgIpc) is 2.54. The van der Waals surface area contributed by atoms with Gasteiger partial charge < -0.3 is 10.3 Å². The van der Waals surface area contributed by atoms with Crippen LogP contribution in [0.1, 0.15) is 18.3 Å². The van der Waals surface area contributed by atoms with E-state index in [4.69, 9.17) is 5.73 Å². The second kappa shape index (κ2) is 3.77. The molecule has 92 valence electrons. The molecule has 1 unspecified atom stereocenters. The fraction of sp³-hybridized carbons (Fsp3) is 0.417. The van der Waals surface area contributed by atoms with Crippen molar-refractivity contribution < 1.29 is 8.78 Å². The third kappa shape index (κ3) is 1.80. The lowest BCUT2D eigenvalue weighted by atomic mass is 10.0. The number of hydrogen-bond donors (Lipinski definition) is 1. The van der Waals surface area contributed by atoms with Gasteiger partial charge in [-0.2, -0.15) is 8.78 Å². The zero-order valence-electron chi connectivity index (χ0n) is 10.0. The van der Waals surface area contributed by atoms with Gasteiger partial charge in [-0.3, -0.25) is 0 Å². The molecule has 0 saturated heterocycles. The number of fused-ring (bicyclic) bond motifs is 1. The number of nitrogens with zero attached hydrogens (tertiary/aromatic N) is 2. The van der Waals surface area contributed by atoms with Gasteiger partial charge in [-0.25, -0.2) is 4.98 Å². The quantitative estimate of drug-likeness (QED) is 0.874. The van der Waals surface area contributed by atoms with E-state index in [-0.39, 0.29) is 5.56 Å². The van der Waals surface area contributed by atoms with E-state index in [1.807, 2.05) is 18.5 Å². The van der Waals surface area contributed by atoms with Gasteiger partial charge in [0.05, 0.1) is 17.1 Å². The van der Waals surface area contributed by atoms with Crippen LogP contribution in [0.15, 0.2) is 18.2 Å². The molecule has 1 aromatic carbocycles. The summed E-state index contributed by atoms with van der Waals surface area (Å²) in [7, 11) is 1.86. The van der Waals surface area contributed by atoms with Crippen LogP contribution in [0.3, 0.4) is 0 Å². The van der Waals surface area contributed by atoms with E-state index in [1.165, 1.54) is 19.1 Å². The molecule has 0 spiro atoms. The molecule has 0 aliphatic carbocycles. The molecule has 3 nitrogen and oxygen atoms in total. The maximum atomic E-state index is 13.8. The topological polar surface area (TPSA) is 43.8 Å². The van der Waals surface area contributed by atoms with Gasteiger partial charge >= 0.3 is 0 Å². The van der Waals surface area contributed by atoms with E-state index in [1.54, 1.807) is 6.07 Å². The van der Waals surface area contributed by atoms with Crippen molar-refractivity contribution in [3.8, 4) is 0 Å². The van der Waals surface area contributed by atoms with Crippen LogP contribution in [0.2, 0.25) is 0 Å². The van der Waals surface area contributed by atoms with Crippen LogP contribution in [0.5, 0.6) is 0 Å². The molecule has 2 rings (SSSR count). The molecule has 1 aromatic heterocycles. The second-order valence-corrected chi connectivity index (χ2v) is 4.33. The van der Waals surface area contributed by atoms with E-state index in [0.717, 1.165) is 11.3 Å². The molecule has 1 atom stereocenters. The van der Waals surface area contributed by atoms with Gasteiger partial charge in [-0.15, -0.1) is 0 Å². The van der Waals surface area contributed by atoms with Gasteiger partial charge in [-0.05, 0) is 26.0 Å². The van der Waals surface area contributed by atoms with Crippen molar-refractivity contribution in [1.82, 2.24) is 9.55 Å². The van der Waals surface area contributed by atoms with Crippen LogP contribution in [-0.4, -0.2) is 15.6 Å². The lowest BCUT2D eigenvalue weighted by Crippen LogP contribution is -2.35. The first-order chi connectivity index (χ1) is 7.84. The van der Waals surface area contributed by atoms with Crippen LogP contribution in [-0.2, 0) is 13.0 Å². The minimum absolute atomic E-state index is 0.0851. The zero-order chi connectivity index (χ0) is 12.8. The highest BCUT2D eigenvalue weighted by molar-refractivity contribution is 5.77. The lowest BCUT2D eigenvalue weighted by molar-refractivity contribution is -0.0255. The van der Waals surface area contributed by atoms with Crippen molar-refractivity contribution in [3.05, 3.63) is 29.6 Å². The van der Waals surface area contributed by atoms with Crippen LogP contribution in [0, 0.1) is 6.92 Å². The summed E-state index contributed by atoms with van der Waals surface area (Å²) in [6, 6.07) is 3.25. The summed E-state index contributed by atoms with van der Waals surface area (Å²) in [6.07, 6.45) is 0. The highest BCUT2D eigenvalue weighted by Gasteiger charge is 2.36. The first-order valence-electron chi connectivity index (χ1n) is 5.41. The van der Waals surface area contributed by atoms with Crippen molar-refractivity contribution >= 4 is 11.0 Å². The Kier molecular flexibility index (Phi) is 2.66. The molecule has 0 amide bonds. The Labute approximate surface area is 98.2 Å². The first-order valence-corrected chi connectivity index (χ1v) is 5.41.